The molecule has 1 amide bonds. The van der Waals surface area contributed by atoms with Crippen molar-refractivity contribution in [3.8, 4) is 11.8 Å². The van der Waals surface area contributed by atoms with Crippen molar-refractivity contribution < 1.29 is 4.79 Å². The Morgan fingerprint density at radius 1 is 0.743 bits per heavy atom. The molecular formula is C32H22N2O. The summed E-state index contributed by atoms with van der Waals surface area (Å²) in [6.45, 7) is 0. The first-order valence-electron chi connectivity index (χ1n) is 11.4. The average Bonchev–Trinajstić information content (AvgIpc) is 2.92. The molecule has 5 aromatic rings. The van der Waals surface area contributed by atoms with Crippen LogP contribution < -0.4 is 5.32 Å². The number of aromatic nitrogens is 1. The highest BCUT2D eigenvalue weighted by Gasteiger charge is 2.14. The van der Waals surface area contributed by atoms with Gasteiger partial charge in [-0.15, -0.1) is 0 Å². The number of hydrogen-bond donors (Lipinski definition) is 1. The lowest BCUT2D eigenvalue weighted by Gasteiger charge is -2.15. The number of hydrogen-bond acceptors (Lipinski definition) is 2. The topological polar surface area (TPSA) is 42.0 Å². The van der Waals surface area contributed by atoms with Gasteiger partial charge in [-0.05, 0) is 58.5 Å². The summed E-state index contributed by atoms with van der Waals surface area (Å²) in [4.78, 5) is 17.1. The summed E-state index contributed by atoms with van der Waals surface area (Å²) in [7, 11) is 0. The van der Waals surface area contributed by atoms with E-state index < -0.39 is 0 Å². The van der Waals surface area contributed by atoms with Gasteiger partial charge in [-0.1, -0.05) is 96.8 Å². The van der Waals surface area contributed by atoms with Crippen molar-refractivity contribution in [2.45, 2.75) is 0 Å². The van der Waals surface area contributed by atoms with Crippen LogP contribution in [0, 0.1) is 11.8 Å². The number of nitrogens with one attached hydrogen (secondary N) is 1. The Hall–Kier alpha value is -4.94. The van der Waals surface area contributed by atoms with Crippen molar-refractivity contribution in [3.05, 3.63) is 150 Å². The molecule has 1 heterocycles. The van der Waals surface area contributed by atoms with E-state index in [-0.39, 0.29) is 5.91 Å². The molecule has 0 unspecified atom stereocenters. The SMILES string of the molecule is O=C(Nc1cccc2cccc(/C(=C/C#Cc3ccccc3)c3ccccc3)c12)c1ccccn1. The molecule has 3 heteroatoms. The molecule has 166 valence electrons. The van der Waals surface area contributed by atoms with Crippen molar-refractivity contribution in [2.75, 3.05) is 5.32 Å². The van der Waals surface area contributed by atoms with Gasteiger partial charge in [0.05, 0.1) is 0 Å². The van der Waals surface area contributed by atoms with E-state index >= 15 is 0 Å². The van der Waals surface area contributed by atoms with Gasteiger partial charge in [-0.25, -0.2) is 0 Å². The van der Waals surface area contributed by atoms with Gasteiger partial charge in [0.15, 0.2) is 0 Å². The normalized spacial score (nSPS) is 10.9. The van der Waals surface area contributed by atoms with Crippen LogP contribution in [0.15, 0.2) is 128 Å². The lowest BCUT2D eigenvalue weighted by atomic mass is 9.92. The largest absolute Gasteiger partial charge is 0.320 e. The first kappa shape index (κ1) is 21.9. The van der Waals surface area contributed by atoms with Gasteiger partial charge < -0.3 is 5.32 Å². The second-order valence-corrected chi connectivity index (χ2v) is 7.94. The van der Waals surface area contributed by atoms with Gasteiger partial charge in [0.2, 0.25) is 0 Å². The predicted molar refractivity (Wildman–Crippen MR) is 143 cm³/mol. The Labute approximate surface area is 204 Å². The zero-order valence-corrected chi connectivity index (χ0v) is 19.0. The van der Waals surface area contributed by atoms with E-state index in [9.17, 15) is 4.79 Å². The molecular weight excluding hydrogens is 428 g/mol. The Kier molecular flexibility index (Phi) is 6.46. The average molecular weight is 451 g/mol. The van der Waals surface area contributed by atoms with E-state index in [2.05, 4.69) is 40.3 Å². The van der Waals surface area contributed by atoms with E-state index in [1.165, 1.54) is 0 Å². The number of fused-ring (bicyclic) bond motifs is 1. The summed E-state index contributed by atoms with van der Waals surface area (Å²) < 4.78 is 0. The van der Waals surface area contributed by atoms with Crippen LogP contribution in [-0.2, 0) is 0 Å². The standard InChI is InChI=1S/C32H22N2O/c35-32(30-21-7-8-23-33-30)34-29-22-11-18-26-17-10-20-28(31(26)29)27(25-15-5-2-6-16-25)19-9-14-24-12-3-1-4-13-24/h1-8,10-13,15-23H,(H,34,35)/b27-19+. The minimum Gasteiger partial charge on any atom is -0.320 e. The second kappa shape index (κ2) is 10.3. The zero-order valence-electron chi connectivity index (χ0n) is 19.0. The number of carbonyl (C=O) groups is 1. The van der Waals surface area contributed by atoms with Crippen LogP contribution in [0.4, 0.5) is 5.69 Å². The molecule has 5 rings (SSSR count). The third-order valence-corrected chi connectivity index (χ3v) is 5.63. The first-order valence-corrected chi connectivity index (χ1v) is 11.4. The molecule has 3 nitrogen and oxygen atoms in total. The minimum absolute atomic E-state index is 0.248. The van der Waals surface area contributed by atoms with E-state index in [4.69, 9.17) is 0 Å². The van der Waals surface area contributed by atoms with Crippen LogP contribution in [-0.4, -0.2) is 10.9 Å². The second-order valence-electron chi connectivity index (χ2n) is 7.94. The summed E-state index contributed by atoms with van der Waals surface area (Å²) in [5.41, 5.74) is 5.08. The van der Waals surface area contributed by atoms with E-state index in [1.807, 2.05) is 84.9 Å². The number of anilines is 1. The zero-order chi connectivity index (χ0) is 23.9. The first-order chi connectivity index (χ1) is 17.3. The van der Waals surface area contributed by atoms with E-state index in [0.29, 0.717) is 5.69 Å². The number of benzene rings is 4. The summed E-state index contributed by atoms with van der Waals surface area (Å²) in [6, 6.07) is 37.5. The summed E-state index contributed by atoms with van der Waals surface area (Å²) in [6.07, 6.45) is 3.57. The molecule has 0 spiro atoms. The fourth-order valence-corrected chi connectivity index (χ4v) is 4.00. The molecule has 35 heavy (non-hydrogen) atoms. The monoisotopic (exact) mass is 450 g/mol. The van der Waals surface area contributed by atoms with Crippen LogP contribution >= 0.6 is 0 Å². The maximum absolute atomic E-state index is 12.9. The molecule has 4 aromatic carbocycles. The Morgan fingerprint density at radius 3 is 2.20 bits per heavy atom. The molecule has 0 bridgehead atoms. The molecule has 0 aliphatic carbocycles. The molecule has 1 N–H and O–H groups in total. The highest BCUT2D eigenvalue weighted by Crippen LogP contribution is 2.34. The fraction of sp³-hybridized carbons (Fsp3) is 0. The van der Waals surface area contributed by atoms with Crippen LogP contribution in [0.2, 0.25) is 0 Å². The van der Waals surface area contributed by atoms with Crippen molar-refractivity contribution in [1.29, 1.82) is 0 Å². The summed E-state index contributed by atoms with van der Waals surface area (Å²) in [5, 5.41) is 5.05. The minimum atomic E-state index is -0.248. The van der Waals surface area contributed by atoms with Crippen molar-refractivity contribution in [2.24, 2.45) is 0 Å². The molecule has 0 saturated heterocycles. The number of allylic oxidation sites excluding steroid dienone is 1. The molecule has 0 atom stereocenters. The molecule has 0 aliphatic rings. The quantitative estimate of drug-likeness (QED) is 0.300. The Balaban J connectivity index is 1.65. The molecule has 0 saturated carbocycles. The van der Waals surface area contributed by atoms with Gasteiger partial charge in [0, 0.05) is 22.8 Å². The molecule has 0 fully saturated rings. The maximum atomic E-state index is 12.9. The number of pyridine rings is 1. The van der Waals surface area contributed by atoms with E-state index in [1.54, 1.807) is 24.4 Å². The van der Waals surface area contributed by atoms with Gasteiger partial charge in [0.1, 0.15) is 5.69 Å². The number of rotatable bonds is 4. The van der Waals surface area contributed by atoms with Crippen LogP contribution in [0.25, 0.3) is 16.3 Å². The maximum Gasteiger partial charge on any atom is 0.274 e. The molecule has 1 aromatic heterocycles. The molecule has 0 aliphatic heterocycles. The van der Waals surface area contributed by atoms with Gasteiger partial charge >= 0.3 is 0 Å². The summed E-state index contributed by atoms with van der Waals surface area (Å²) in [5.74, 6) is 6.22. The van der Waals surface area contributed by atoms with E-state index in [0.717, 1.165) is 38.7 Å². The number of nitrogens with zero attached hydrogens (tertiary/aromatic N) is 1. The highest BCUT2D eigenvalue weighted by atomic mass is 16.1. The Bertz CT molecular complexity index is 1560. The van der Waals surface area contributed by atoms with Crippen LogP contribution in [0.5, 0.6) is 0 Å². The third kappa shape index (κ3) is 5.03. The van der Waals surface area contributed by atoms with Gasteiger partial charge in [-0.3, -0.25) is 9.78 Å². The third-order valence-electron chi connectivity index (χ3n) is 5.63. The summed E-state index contributed by atoms with van der Waals surface area (Å²) >= 11 is 0. The van der Waals surface area contributed by atoms with Crippen molar-refractivity contribution >= 4 is 27.9 Å². The van der Waals surface area contributed by atoms with Crippen molar-refractivity contribution in [3.63, 3.8) is 0 Å². The lowest BCUT2D eigenvalue weighted by molar-refractivity contribution is 0.102. The predicted octanol–water partition coefficient (Wildman–Crippen LogP) is 6.97. The fourth-order valence-electron chi connectivity index (χ4n) is 4.00. The Morgan fingerprint density at radius 2 is 1.46 bits per heavy atom. The number of amides is 1. The molecule has 0 radical (unpaired) electrons. The smallest absolute Gasteiger partial charge is 0.274 e. The van der Waals surface area contributed by atoms with Gasteiger partial charge in [0.25, 0.3) is 5.91 Å². The lowest BCUT2D eigenvalue weighted by Crippen LogP contribution is -2.13. The van der Waals surface area contributed by atoms with Crippen LogP contribution in [0.1, 0.15) is 27.2 Å². The van der Waals surface area contributed by atoms with Crippen molar-refractivity contribution in [1.82, 2.24) is 4.98 Å². The van der Waals surface area contributed by atoms with Crippen LogP contribution in [0.3, 0.4) is 0 Å². The van der Waals surface area contributed by atoms with Gasteiger partial charge in [-0.2, -0.15) is 0 Å². The highest BCUT2D eigenvalue weighted by molar-refractivity contribution is 6.11. The number of carbonyl (C=O) groups excluding carboxylic acids is 1.